The van der Waals surface area contributed by atoms with Crippen molar-refractivity contribution in [2.75, 3.05) is 85.3 Å². The van der Waals surface area contributed by atoms with Crippen LogP contribution in [0.2, 0.25) is 0 Å². The monoisotopic (exact) mass is 730 g/mol. The van der Waals surface area contributed by atoms with E-state index in [4.69, 9.17) is 56.8 Å². The Hall–Kier alpha value is -4.66. The molecule has 0 N–H and O–H groups in total. The van der Waals surface area contributed by atoms with Crippen LogP contribution in [0.15, 0.2) is 36.4 Å². The van der Waals surface area contributed by atoms with Crippen molar-refractivity contribution in [1.82, 2.24) is 0 Å². The maximum absolute atomic E-state index is 6.16. The van der Waals surface area contributed by atoms with Gasteiger partial charge in [0.2, 0.25) is 23.0 Å². The van der Waals surface area contributed by atoms with Crippen molar-refractivity contribution in [2.24, 2.45) is 0 Å². The highest BCUT2D eigenvalue weighted by Gasteiger charge is 2.31. The molecule has 0 aliphatic heterocycles. The van der Waals surface area contributed by atoms with Gasteiger partial charge in [-0.15, -0.1) is 0 Å². The van der Waals surface area contributed by atoms with E-state index in [1.807, 2.05) is 36.4 Å². The van der Waals surface area contributed by atoms with Gasteiger partial charge in [-0.3, -0.25) is 0 Å². The predicted octanol–water partition coefficient (Wildman–Crippen LogP) is 4.72. The fourth-order valence-electron chi connectivity index (χ4n) is 5.62. The zero-order chi connectivity index (χ0) is 36.5. The Morgan fingerprint density at radius 2 is 0.520 bits per heavy atom. The van der Waals surface area contributed by atoms with Crippen LogP contribution in [0, 0.1) is 0 Å². The summed E-state index contributed by atoms with van der Waals surface area (Å²) in [7, 11) is 19.0. The average Bonchev–Trinajstić information content (AvgIpc) is 3.15. The maximum Gasteiger partial charge on any atom is 0.203 e. The summed E-state index contributed by atoms with van der Waals surface area (Å²) in [6.07, 6.45) is 0. The summed E-state index contributed by atoms with van der Waals surface area (Å²) in [4.78, 5) is 0. The molecular weight excluding hydrogens is 686 g/mol. The fourth-order valence-corrected chi connectivity index (χ4v) is 8.19. The number of methoxy groups -OCH3 is 12. The Morgan fingerprint density at radius 3 is 0.740 bits per heavy atom. The highest BCUT2D eigenvalue weighted by Crippen LogP contribution is 2.52. The zero-order valence-electron chi connectivity index (χ0n) is 30.4. The van der Waals surface area contributed by atoms with Crippen molar-refractivity contribution < 1.29 is 56.8 Å². The van der Waals surface area contributed by atoms with Gasteiger partial charge in [0, 0.05) is 11.1 Å². The molecule has 12 nitrogen and oxygen atoms in total. The zero-order valence-corrected chi connectivity index (χ0v) is 32.4. The van der Waals surface area contributed by atoms with Gasteiger partial charge in [0.1, 0.15) is 0 Å². The summed E-state index contributed by atoms with van der Waals surface area (Å²) in [6.45, 7) is 0. The van der Waals surface area contributed by atoms with Crippen molar-refractivity contribution in [1.29, 1.82) is 0 Å². The number of hydrogen-bond donors (Lipinski definition) is 0. The minimum Gasteiger partial charge on any atom is -0.493 e. The van der Waals surface area contributed by atoms with E-state index in [0.717, 1.165) is 21.2 Å². The minimum atomic E-state index is 0.0332. The molecular formula is C36H44O12P2. The standard InChI is InChI=1S/C36H44O12P2/c1-37-21-13-19(14-22(38-2)31(21)43-7)49-27-17-25(41-5)33(45-9)35(47-11)29(27)30-28(18-26(42-6)34(46-10)36(30)48-12)50-20-15-23(39-3)32(44-8)24(16-20)40-4/h13-18,49-50H,1-12H3. The largest absolute Gasteiger partial charge is 0.493 e. The first-order valence-electron chi connectivity index (χ1n) is 15.1. The molecule has 0 saturated heterocycles. The molecule has 0 aliphatic carbocycles. The summed E-state index contributed by atoms with van der Waals surface area (Å²) in [6, 6.07) is 11.5. The molecule has 2 unspecified atom stereocenters. The second-order valence-electron chi connectivity index (χ2n) is 10.2. The molecule has 0 heterocycles. The van der Waals surface area contributed by atoms with Gasteiger partial charge in [0.15, 0.2) is 46.0 Å². The molecule has 2 atom stereocenters. The number of hydrogen-bond acceptors (Lipinski definition) is 12. The molecule has 0 radical (unpaired) electrons. The predicted molar refractivity (Wildman–Crippen MR) is 199 cm³/mol. The summed E-state index contributed by atoms with van der Waals surface area (Å²) in [5.74, 6) is 5.72. The Morgan fingerprint density at radius 1 is 0.280 bits per heavy atom. The molecule has 0 aromatic heterocycles. The molecule has 0 saturated carbocycles. The van der Waals surface area contributed by atoms with E-state index in [9.17, 15) is 0 Å². The van der Waals surface area contributed by atoms with Crippen molar-refractivity contribution in [3.8, 4) is 80.1 Å². The lowest BCUT2D eigenvalue weighted by molar-refractivity contribution is 0.323. The quantitative estimate of drug-likeness (QED) is 0.140. The normalized spacial score (nSPS) is 11.0. The topological polar surface area (TPSA) is 111 Å². The highest BCUT2D eigenvalue weighted by molar-refractivity contribution is 7.56. The number of benzene rings is 4. The van der Waals surface area contributed by atoms with E-state index in [-0.39, 0.29) is 17.2 Å². The second-order valence-corrected chi connectivity index (χ2v) is 12.9. The number of ether oxygens (including phenoxy) is 12. The van der Waals surface area contributed by atoms with Crippen LogP contribution in [0.4, 0.5) is 0 Å². The molecule has 0 amide bonds. The van der Waals surface area contributed by atoms with Crippen molar-refractivity contribution >= 4 is 38.4 Å². The molecule has 4 aromatic carbocycles. The first kappa shape index (κ1) is 38.1. The van der Waals surface area contributed by atoms with Gasteiger partial charge in [-0.25, -0.2) is 0 Å². The van der Waals surface area contributed by atoms with Crippen LogP contribution in [0.5, 0.6) is 69.0 Å². The van der Waals surface area contributed by atoms with Gasteiger partial charge in [0.05, 0.1) is 85.3 Å². The van der Waals surface area contributed by atoms with E-state index in [1.54, 1.807) is 85.3 Å². The van der Waals surface area contributed by atoms with Crippen molar-refractivity contribution in [3.63, 3.8) is 0 Å². The number of rotatable bonds is 17. The van der Waals surface area contributed by atoms with Crippen LogP contribution in [0.1, 0.15) is 0 Å². The SMILES string of the molecule is COc1cc(Pc2cc(OC)c(OC)c(OC)c2-c2c(Pc3cc(OC)c(OC)c(OC)c3)cc(OC)c(OC)c2OC)cc(OC)c1OC. The second kappa shape index (κ2) is 17.3. The van der Waals surface area contributed by atoms with Gasteiger partial charge in [0.25, 0.3) is 0 Å². The van der Waals surface area contributed by atoms with Gasteiger partial charge < -0.3 is 56.8 Å². The van der Waals surface area contributed by atoms with E-state index < -0.39 is 0 Å². The minimum absolute atomic E-state index is 0.0332. The van der Waals surface area contributed by atoms with Crippen LogP contribution < -0.4 is 78.1 Å². The molecule has 0 aliphatic rings. The van der Waals surface area contributed by atoms with Crippen LogP contribution in [0.3, 0.4) is 0 Å². The Labute approximate surface area is 296 Å². The van der Waals surface area contributed by atoms with Gasteiger partial charge in [-0.05, 0) is 57.6 Å². The lowest BCUT2D eigenvalue weighted by atomic mass is 10.0. The van der Waals surface area contributed by atoms with E-state index in [0.29, 0.717) is 80.1 Å². The van der Waals surface area contributed by atoms with Crippen LogP contribution in [0.25, 0.3) is 11.1 Å². The van der Waals surface area contributed by atoms with E-state index in [2.05, 4.69) is 0 Å². The molecule has 14 heteroatoms. The first-order chi connectivity index (χ1) is 24.2. The van der Waals surface area contributed by atoms with E-state index in [1.165, 1.54) is 0 Å². The third-order valence-corrected chi connectivity index (χ3v) is 10.3. The third kappa shape index (κ3) is 7.28. The van der Waals surface area contributed by atoms with E-state index >= 15 is 0 Å². The van der Waals surface area contributed by atoms with Gasteiger partial charge >= 0.3 is 0 Å². The van der Waals surface area contributed by atoms with Crippen LogP contribution >= 0.6 is 17.2 Å². The molecule has 0 bridgehead atoms. The lowest BCUT2D eigenvalue weighted by Crippen LogP contribution is -2.17. The van der Waals surface area contributed by atoms with Gasteiger partial charge in [-0.2, -0.15) is 0 Å². The summed E-state index contributed by atoms with van der Waals surface area (Å²) in [5, 5.41) is 3.47. The van der Waals surface area contributed by atoms with Crippen LogP contribution in [-0.4, -0.2) is 85.3 Å². The third-order valence-electron chi connectivity index (χ3n) is 7.80. The highest BCUT2D eigenvalue weighted by atomic mass is 31.1. The molecule has 4 aromatic rings. The fraction of sp³-hybridized carbons (Fsp3) is 0.333. The Balaban J connectivity index is 2.14. The first-order valence-corrected chi connectivity index (χ1v) is 17.1. The summed E-state index contributed by atoms with van der Waals surface area (Å²) in [5.41, 5.74) is 1.40. The summed E-state index contributed by atoms with van der Waals surface area (Å²) < 4.78 is 69.7. The maximum atomic E-state index is 6.16. The molecule has 4 rings (SSSR count). The average molecular weight is 731 g/mol. The molecule has 0 spiro atoms. The van der Waals surface area contributed by atoms with Gasteiger partial charge in [-0.1, -0.05) is 17.2 Å². The van der Waals surface area contributed by atoms with Crippen molar-refractivity contribution in [3.05, 3.63) is 36.4 Å². The molecule has 0 fully saturated rings. The Kier molecular flexibility index (Phi) is 13.2. The molecule has 270 valence electrons. The smallest absolute Gasteiger partial charge is 0.203 e. The van der Waals surface area contributed by atoms with Crippen LogP contribution in [-0.2, 0) is 0 Å². The van der Waals surface area contributed by atoms with Crippen molar-refractivity contribution in [2.45, 2.75) is 0 Å². The Bertz CT molecular complexity index is 1630. The molecule has 50 heavy (non-hydrogen) atoms. The summed E-state index contributed by atoms with van der Waals surface area (Å²) >= 11 is 0. The lowest BCUT2D eigenvalue weighted by Gasteiger charge is -2.25.